The SMILES string of the molecule is CC(C)(C)OC(=O)N1CCN(c2ccc(Br)c3c2CCC3)C(c2ccc(Br)c3c2CCC3)C1. The Morgan fingerprint density at radius 3 is 2.18 bits per heavy atom. The van der Waals surface area contributed by atoms with Gasteiger partial charge in [-0.1, -0.05) is 37.9 Å². The number of piperazine rings is 1. The van der Waals surface area contributed by atoms with E-state index in [1.165, 1.54) is 55.3 Å². The van der Waals surface area contributed by atoms with E-state index >= 15 is 0 Å². The first kappa shape index (κ1) is 23.2. The lowest BCUT2D eigenvalue weighted by Crippen LogP contribution is -2.52. The van der Waals surface area contributed by atoms with E-state index in [4.69, 9.17) is 4.74 Å². The number of nitrogens with zero attached hydrogens (tertiary/aromatic N) is 2. The van der Waals surface area contributed by atoms with Gasteiger partial charge in [0.1, 0.15) is 5.60 Å². The Kier molecular flexibility index (Phi) is 6.28. The van der Waals surface area contributed by atoms with Gasteiger partial charge >= 0.3 is 6.09 Å². The molecule has 0 aromatic heterocycles. The van der Waals surface area contributed by atoms with E-state index in [0.29, 0.717) is 13.1 Å². The fourth-order valence-electron chi connectivity index (χ4n) is 5.74. The van der Waals surface area contributed by atoms with Crippen LogP contribution in [-0.4, -0.2) is 36.2 Å². The van der Waals surface area contributed by atoms with E-state index in [0.717, 1.165) is 32.2 Å². The summed E-state index contributed by atoms with van der Waals surface area (Å²) in [5.74, 6) is 0. The number of carbonyl (C=O) groups is 1. The standard InChI is InChI=1S/C27H32Br2N2O2/c1-27(2,3)33-26(32)30-14-15-31(24-13-12-23(29)19-8-5-9-20(19)24)25(16-30)21-10-11-22(28)18-7-4-6-17(18)21/h10-13,25H,4-9,14-16H2,1-3H3. The van der Waals surface area contributed by atoms with Crippen LogP contribution in [0.1, 0.15) is 67.5 Å². The molecule has 4 nitrogen and oxygen atoms in total. The Morgan fingerprint density at radius 1 is 0.879 bits per heavy atom. The van der Waals surface area contributed by atoms with E-state index in [1.54, 1.807) is 0 Å². The quantitative estimate of drug-likeness (QED) is 0.387. The summed E-state index contributed by atoms with van der Waals surface area (Å²) in [5.41, 5.74) is 8.08. The zero-order valence-corrected chi connectivity index (χ0v) is 22.9. The van der Waals surface area contributed by atoms with Crippen LogP contribution in [0.15, 0.2) is 33.2 Å². The molecule has 33 heavy (non-hydrogen) atoms. The van der Waals surface area contributed by atoms with E-state index in [-0.39, 0.29) is 12.1 Å². The number of fused-ring (bicyclic) bond motifs is 2. The second-order valence-electron chi connectivity index (χ2n) is 10.5. The van der Waals surface area contributed by atoms with Gasteiger partial charge < -0.3 is 14.5 Å². The highest BCUT2D eigenvalue weighted by Crippen LogP contribution is 2.43. The highest BCUT2D eigenvalue weighted by atomic mass is 79.9. The van der Waals surface area contributed by atoms with Gasteiger partial charge in [-0.15, -0.1) is 0 Å². The number of hydrogen-bond donors (Lipinski definition) is 0. The van der Waals surface area contributed by atoms with Crippen LogP contribution >= 0.6 is 31.9 Å². The predicted molar refractivity (Wildman–Crippen MR) is 140 cm³/mol. The molecule has 5 rings (SSSR count). The minimum atomic E-state index is -0.491. The summed E-state index contributed by atoms with van der Waals surface area (Å²) in [6, 6.07) is 9.10. The minimum Gasteiger partial charge on any atom is -0.444 e. The number of carbonyl (C=O) groups excluding carboxylic acids is 1. The molecule has 1 atom stereocenters. The molecule has 0 bridgehead atoms. The van der Waals surface area contributed by atoms with Crippen molar-refractivity contribution in [2.45, 2.75) is 70.9 Å². The zero-order valence-electron chi connectivity index (χ0n) is 19.7. The molecule has 3 aliphatic rings. The molecule has 1 heterocycles. The first-order valence-corrected chi connectivity index (χ1v) is 13.7. The van der Waals surface area contributed by atoms with Crippen LogP contribution in [0.4, 0.5) is 10.5 Å². The highest BCUT2D eigenvalue weighted by molar-refractivity contribution is 9.10. The summed E-state index contributed by atoms with van der Waals surface area (Å²) >= 11 is 7.56. The van der Waals surface area contributed by atoms with Crippen molar-refractivity contribution in [2.24, 2.45) is 0 Å². The first-order chi connectivity index (χ1) is 15.7. The summed E-state index contributed by atoms with van der Waals surface area (Å²) in [6.07, 6.45) is 6.70. The Balaban J connectivity index is 1.55. The van der Waals surface area contributed by atoms with Gasteiger partial charge in [-0.2, -0.15) is 0 Å². The molecule has 0 spiro atoms. The number of hydrogen-bond acceptors (Lipinski definition) is 3. The third-order valence-corrected chi connectivity index (χ3v) is 8.65. The van der Waals surface area contributed by atoms with Crippen molar-refractivity contribution in [3.63, 3.8) is 0 Å². The Hall–Kier alpha value is -1.53. The fourth-order valence-corrected chi connectivity index (χ4v) is 6.88. The number of benzene rings is 2. The predicted octanol–water partition coefficient (Wildman–Crippen LogP) is 6.99. The van der Waals surface area contributed by atoms with E-state index in [9.17, 15) is 4.79 Å². The van der Waals surface area contributed by atoms with Gasteiger partial charge in [-0.3, -0.25) is 0 Å². The summed E-state index contributed by atoms with van der Waals surface area (Å²) in [4.78, 5) is 17.5. The van der Waals surface area contributed by atoms with Gasteiger partial charge in [-0.05, 0) is 105 Å². The largest absolute Gasteiger partial charge is 0.444 e. The lowest BCUT2D eigenvalue weighted by Gasteiger charge is -2.44. The maximum Gasteiger partial charge on any atom is 0.410 e. The van der Waals surface area contributed by atoms with Crippen LogP contribution in [0.2, 0.25) is 0 Å². The van der Waals surface area contributed by atoms with Gasteiger partial charge in [0, 0.05) is 34.3 Å². The third-order valence-electron chi connectivity index (χ3n) is 7.17. The second kappa shape index (κ2) is 8.92. The maximum atomic E-state index is 13.0. The molecule has 0 N–H and O–H groups in total. The van der Waals surface area contributed by atoms with Gasteiger partial charge in [0.05, 0.1) is 6.04 Å². The monoisotopic (exact) mass is 574 g/mol. The number of rotatable bonds is 2. The van der Waals surface area contributed by atoms with Crippen molar-refractivity contribution in [3.05, 3.63) is 61.0 Å². The zero-order chi connectivity index (χ0) is 23.3. The van der Waals surface area contributed by atoms with Crippen molar-refractivity contribution in [1.29, 1.82) is 0 Å². The molecule has 1 amide bonds. The third kappa shape index (κ3) is 4.45. The Bertz CT molecular complexity index is 1090. The maximum absolute atomic E-state index is 13.0. The Morgan fingerprint density at radius 2 is 1.48 bits per heavy atom. The molecular weight excluding hydrogens is 544 g/mol. The normalized spacial score (nSPS) is 20.1. The second-order valence-corrected chi connectivity index (χ2v) is 12.2. The van der Waals surface area contributed by atoms with Crippen LogP contribution in [0.25, 0.3) is 0 Å². The van der Waals surface area contributed by atoms with Crippen LogP contribution in [-0.2, 0) is 30.4 Å². The average molecular weight is 576 g/mol. The molecule has 176 valence electrons. The van der Waals surface area contributed by atoms with Gasteiger partial charge in [0.2, 0.25) is 0 Å². The van der Waals surface area contributed by atoms with Crippen LogP contribution in [0, 0.1) is 0 Å². The van der Waals surface area contributed by atoms with Crippen molar-refractivity contribution < 1.29 is 9.53 Å². The van der Waals surface area contributed by atoms with Crippen molar-refractivity contribution in [3.8, 4) is 0 Å². The van der Waals surface area contributed by atoms with Gasteiger partial charge in [0.15, 0.2) is 0 Å². The van der Waals surface area contributed by atoms with Crippen molar-refractivity contribution in [2.75, 3.05) is 24.5 Å². The van der Waals surface area contributed by atoms with Crippen molar-refractivity contribution in [1.82, 2.24) is 4.90 Å². The van der Waals surface area contributed by atoms with E-state index in [2.05, 4.69) is 61.0 Å². The molecule has 0 saturated carbocycles. The fraction of sp³-hybridized carbons (Fsp3) is 0.519. The molecule has 2 aromatic rings. The average Bonchev–Trinajstić information content (AvgIpc) is 3.44. The summed E-state index contributed by atoms with van der Waals surface area (Å²) < 4.78 is 8.20. The minimum absolute atomic E-state index is 0.122. The van der Waals surface area contributed by atoms with Crippen LogP contribution in [0.5, 0.6) is 0 Å². The molecule has 6 heteroatoms. The smallest absolute Gasteiger partial charge is 0.410 e. The molecular formula is C27H32Br2N2O2. The Labute approximate surface area is 213 Å². The lowest BCUT2D eigenvalue weighted by molar-refractivity contribution is 0.0213. The molecule has 2 aromatic carbocycles. The van der Waals surface area contributed by atoms with Crippen LogP contribution < -0.4 is 4.90 Å². The lowest BCUT2D eigenvalue weighted by atomic mass is 9.93. The highest BCUT2D eigenvalue weighted by Gasteiger charge is 2.36. The molecule has 1 saturated heterocycles. The summed E-state index contributed by atoms with van der Waals surface area (Å²) in [7, 11) is 0. The topological polar surface area (TPSA) is 32.8 Å². The number of amides is 1. The number of ether oxygens (including phenoxy) is 1. The van der Waals surface area contributed by atoms with Crippen molar-refractivity contribution >= 4 is 43.6 Å². The number of halogens is 2. The van der Waals surface area contributed by atoms with E-state index < -0.39 is 5.60 Å². The van der Waals surface area contributed by atoms with Gasteiger partial charge in [0.25, 0.3) is 0 Å². The number of anilines is 1. The van der Waals surface area contributed by atoms with E-state index in [1.807, 2.05) is 25.7 Å². The molecule has 1 unspecified atom stereocenters. The molecule has 1 fully saturated rings. The molecule has 0 radical (unpaired) electrons. The van der Waals surface area contributed by atoms with Gasteiger partial charge in [-0.25, -0.2) is 4.79 Å². The molecule has 1 aliphatic heterocycles. The van der Waals surface area contributed by atoms with Crippen LogP contribution in [0.3, 0.4) is 0 Å². The summed E-state index contributed by atoms with van der Waals surface area (Å²) in [5, 5.41) is 0. The first-order valence-electron chi connectivity index (χ1n) is 12.1. The molecule has 2 aliphatic carbocycles. The summed E-state index contributed by atoms with van der Waals surface area (Å²) in [6.45, 7) is 7.94.